The van der Waals surface area contributed by atoms with Gasteiger partial charge in [-0.2, -0.15) is 0 Å². The van der Waals surface area contributed by atoms with E-state index >= 15 is 0 Å². The van der Waals surface area contributed by atoms with Crippen LogP contribution in [0.3, 0.4) is 0 Å². The third-order valence-electron chi connectivity index (χ3n) is 5.43. The van der Waals surface area contributed by atoms with Crippen molar-refractivity contribution in [3.05, 3.63) is 0 Å². The van der Waals surface area contributed by atoms with Gasteiger partial charge in [-0.3, -0.25) is 4.99 Å². The van der Waals surface area contributed by atoms with E-state index in [0.717, 1.165) is 51.1 Å². The highest BCUT2D eigenvalue weighted by molar-refractivity contribution is 14.0. The molecule has 2 rings (SSSR count). The molecule has 0 saturated carbocycles. The van der Waals surface area contributed by atoms with Gasteiger partial charge in [0.1, 0.15) is 0 Å². The third-order valence-corrected chi connectivity index (χ3v) is 5.43. The quantitative estimate of drug-likeness (QED) is 0.312. The van der Waals surface area contributed by atoms with Gasteiger partial charge in [0.15, 0.2) is 5.96 Å². The molecule has 6 heteroatoms. The molecule has 2 aliphatic heterocycles. The number of halogens is 1. The number of hydrogen-bond donors (Lipinski definition) is 1. The van der Waals surface area contributed by atoms with Crippen molar-refractivity contribution in [2.75, 3.05) is 52.4 Å². The molecular formula is C20H41IN4O. The van der Waals surface area contributed by atoms with E-state index in [9.17, 15) is 0 Å². The maximum Gasteiger partial charge on any atom is 0.193 e. The molecular weight excluding hydrogens is 439 g/mol. The molecule has 5 nitrogen and oxygen atoms in total. The van der Waals surface area contributed by atoms with Crippen LogP contribution in [0.25, 0.3) is 0 Å². The Hall–Kier alpha value is -0.0800. The minimum absolute atomic E-state index is 0. The van der Waals surface area contributed by atoms with Gasteiger partial charge in [0.05, 0.1) is 6.10 Å². The monoisotopic (exact) mass is 480 g/mol. The predicted octanol–water partition coefficient (Wildman–Crippen LogP) is 3.44. The molecule has 0 aromatic rings. The molecule has 0 aromatic heterocycles. The van der Waals surface area contributed by atoms with Crippen LogP contribution in [0.15, 0.2) is 4.99 Å². The van der Waals surface area contributed by atoms with Gasteiger partial charge in [0, 0.05) is 39.3 Å². The van der Waals surface area contributed by atoms with Crippen LogP contribution < -0.4 is 5.32 Å². The Kier molecular flexibility index (Phi) is 12.1. The van der Waals surface area contributed by atoms with Crippen molar-refractivity contribution in [1.82, 2.24) is 15.1 Å². The van der Waals surface area contributed by atoms with E-state index < -0.39 is 0 Å². The fourth-order valence-corrected chi connectivity index (χ4v) is 4.05. The van der Waals surface area contributed by atoms with Gasteiger partial charge in [0.25, 0.3) is 0 Å². The Balaban J connectivity index is 0.00000338. The lowest BCUT2D eigenvalue weighted by molar-refractivity contribution is 0.0266. The summed E-state index contributed by atoms with van der Waals surface area (Å²) < 4.78 is 5.85. The van der Waals surface area contributed by atoms with Gasteiger partial charge < -0.3 is 19.9 Å². The zero-order chi connectivity index (χ0) is 18.1. The number of aliphatic imine (C=N–C) groups is 1. The number of likely N-dealkylation sites (tertiary alicyclic amines) is 2. The Morgan fingerprint density at radius 1 is 1.19 bits per heavy atom. The standard InChI is InChI=1S/C20H40N4O.HI/c1-5-21-20(22-11-9-19(17(3)4)25-6-2)24-14-10-18(16-24)15-23-12-7-8-13-23;/h17-19H,5-16H2,1-4H3,(H,21,22);1H. The molecule has 2 unspecified atom stereocenters. The second-order valence-corrected chi connectivity index (χ2v) is 7.87. The van der Waals surface area contributed by atoms with E-state index in [1.54, 1.807) is 0 Å². The fraction of sp³-hybridized carbons (Fsp3) is 0.950. The van der Waals surface area contributed by atoms with E-state index in [2.05, 4.69) is 42.8 Å². The van der Waals surface area contributed by atoms with E-state index in [4.69, 9.17) is 9.73 Å². The van der Waals surface area contributed by atoms with Crippen molar-refractivity contribution >= 4 is 29.9 Å². The molecule has 154 valence electrons. The molecule has 0 aromatic carbocycles. The summed E-state index contributed by atoms with van der Waals surface area (Å²) in [6.07, 6.45) is 5.40. The second-order valence-electron chi connectivity index (χ2n) is 7.87. The highest BCUT2D eigenvalue weighted by Gasteiger charge is 2.27. The Bertz CT molecular complexity index is 399. The summed E-state index contributed by atoms with van der Waals surface area (Å²) in [5.41, 5.74) is 0. The number of nitrogens with zero attached hydrogens (tertiary/aromatic N) is 3. The Labute approximate surface area is 178 Å². The number of nitrogens with one attached hydrogen (secondary N) is 1. The zero-order valence-corrected chi connectivity index (χ0v) is 19.7. The molecule has 2 saturated heterocycles. The molecule has 0 bridgehead atoms. The first kappa shape index (κ1) is 24.0. The van der Waals surface area contributed by atoms with Crippen LogP contribution in [0.2, 0.25) is 0 Å². The SMILES string of the molecule is CCNC(=NCCC(OCC)C(C)C)N1CCC(CN2CCCC2)C1.I. The summed E-state index contributed by atoms with van der Waals surface area (Å²) in [5, 5.41) is 3.50. The lowest BCUT2D eigenvalue weighted by Crippen LogP contribution is -2.41. The van der Waals surface area contributed by atoms with Gasteiger partial charge in [-0.25, -0.2) is 0 Å². The minimum atomic E-state index is 0. The smallest absolute Gasteiger partial charge is 0.193 e. The first-order valence-corrected chi connectivity index (χ1v) is 10.5. The topological polar surface area (TPSA) is 40.1 Å². The van der Waals surface area contributed by atoms with Crippen LogP contribution in [0.4, 0.5) is 0 Å². The van der Waals surface area contributed by atoms with E-state index in [-0.39, 0.29) is 24.0 Å². The molecule has 26 heavy (non-hydrogen) atoms. The van der Waals surface area contributed by atoms with E-state index in [1.165, 1.54) is 38.9 Å². The third kappa shape index (κ3) is 7.89. The summed E-state index contributed by atoms with van der Waals surface area (Å²) in [4.78, 5) is 10.0. The number of ether oxygens (including phenoxy) is 1. The molecule has 0 amide bonds. The van der Waals surface area contributed by atoms with Gasteiger partial charge in [-0.15, -0.1) is 24.0 Å². The molecule has 2 heterocycles. The summed E-state index contributed by atoms with van der Waals surface area (Å²) >= 11 is 0. The lowest BCUT2D eigenvalue weighted by atomic mass is 10.0. The highest BCUT2D eigenvalue weighted by atomic mass is 127. The van der Waals surface area contributed by atoms with Crippen molar-refractivity contribution in [2.24, 2.45) is 16.8 Å². The minimum Gasteiger partial charge on any atom is -0.378 e. The maximum atomic E-state index is 5.85. The Morgan fingerprint density at radius 3 is 2.54 bits per heavy atom. The summed E-state index contributed by atoms with van der Waals surface area (Å²) in [6, 6.07) is 0. The molecule has 1 N–H and O–H groups in total. The predicted molar refractivity (Wildman–Crippen MR) is 122 cm³/mol. The average molecular weight is 480 g/mol. The van der Waals surface area contributed by atoms with Crippen molar-refractivity contribution in [1.29, 1.82) is 0 Å². The van der Waals surface area contributed by atoms with Gasteiger partial charge in [-0.1, -0.05) is 13.8 Å². The number of guanidine groups is 1. The van der Waals surface area contributed by atoms with Crippen molar-refractivity contribution in [3.8, 4) is 0 Å². The van der Waals surface area contributed by atoms with E-state index in [1.807, 2.05) is 0 Å². The maximum absolute atomic E-state index is 5.85. The molecule has 0 aliphatic carbocycles. The molecule has 2 atom stereocenters. The van der Waals surface area contributed by atoms with Gasteiger partial charge >= 0.3 is 0 Å². The molecule has 0 radical (unpaired) electrons. The summed E-state index contributed by atoms with van der Waals surface area (Å²) in [6.45, 7) is 17.5. The summed E-state index contributed by atoms with van der Waals surface area (Å²) in [7, 11) is 0. The van der Waals surface area contributed by atoms with E-state index in [0.29, 0.717) is 12.0 Å². The largest absolute Gasteiger partial charge is 0.378 e. The van der Waals surface area contributed by atoms with Crippen LogP contribution in [-0.2, 0) is 4.74 Å². The van der Waals surface area contributed by atoms with Gasteiger partial charge in [0.2, 0.25) is 0 Å². The summed E-state index contributed by atoms with van der Waals surface area (Å²) in [5.74, 6) is 2.45. The normalized spacial score (nSPS) is 22.7. The fourth-order valence-electron chi connectivity index (χ4n) is 4.05. The van der Waals surface area contributed by atoms with Crippen LogP contribution in [-0.4, -0.2) is 74.3 Å². The first-order chi connectivity index (χ1) is 12.1. The number of rotatable bonds is 9. The first-order valence-electron chi connectivity index (χ1n) is 10.5. The van der Waals surface area contributed by atoms with Crippen LogP contribution in [0.5, 0.6) is 0 Å². The molecule has 2 fully saturated rings. The molecule has 2 aliphatic rings. The lowest BCUT2D eigenvalue weighted by Gasteiger charge is -2.24. The van der Waals surface area contributed by atoms with Crippen molar-refractivity contribution < 1.29 is 4.74 Å². The van der Waals surface area contributed by atoms with Crippen molar-refractivity contribution in [3.63, 3.8) is 0 Å². The van der Waals surface area contributed by atoms with Crippen LogP contribution >= 0.6 is 24.0 Å². The zero-order valence-electron chi connectivity index (χ0n) is 17.4. The van der Waals surface area contributed by atoms with Gasteiger partial charge in [-0.05, 0) is 64.5 Å². The Morgan fingerprint density at radius 2 is 1.92 bits per heavy atom. The van der Waals surface area contributed by atoms with Crippen molar-refractivity contribution in [2.45, 2.75) is 59.5 Å². The van der Waals surface area contributed by atoms with Crippen LogP contribution in [0, 0.1) is 11.8 Å². The highest BCUT2D eigenvalue weighted by Crippen LogP contribution is 2.20. The number of hydrogen-bond acceptors (Lipinski definition) is 3. The second kappa shape index (κ2) is 13.2. The average Bonchev–Trinajstić information content (AvgIpc) is 3.25. The molecule has 0 spiro atoms. The van der Waals surface area contributed by atoms with Crippen LogP contribution in [0.1, 0.15) is 53.4 Å².